The van der Waals surface area contributed by atoms with Crippen molar-refractivity contribution in [1.82, 2.24) is 9.88 Å². The Morgan fingerprint density at radius 2 is 1.90 bits per heavy atom. The van der Waals surface area contributed by atoms with E-state index in [1.807, 2.05) is 42.5 Å². The Labute approximate surface area is 192 Å². The molecule has 1 aliphatic heterocycles. The number of hydrogen-bond acceptors (Lipinski definition) is 1. The highest BCUT2D eigenvalue weighted by molar-refractivity contribution is 9.10. The summed E-state index contributed by atoms with van der Waals surface area (Å²) in [5, 5.41) is 4.72. The molecule has 0 radical (unpaired) electrons. The number of aromatic amines is 1. The van der Waals surface area contributed by atoms with Crippen molar-refractivity contribution in [2.75, 3.05) is 11.9 Å². The topological polar surface area (TPSA) is 48.1 Å². The number of amides is 2. The number of fused-ring (bicyclic) bond motifs is 3. The molecule has 5 rings (SSSR count). The maximum atomic E-state index is 13.6. The predicted octanol–water partition coefficient (Wildman–Crippen LogP) is 6.90. The summed E-state index contributed by atoms with van der Waals surface area (Å²) >= 11 is 9.72. The van der Waals surface area contributed by atoms with Crippen LogP contribution in [-0.4, -0.2) is 22.5 Å². The number of hydrogen-bond donors (Lipinski definition) is 2. The third-order valence-electron chi connectivity index (χ3n) is 5.65. The van der Waals surface area contributed by atoms with Gasteiger partial charge in [0.2, 0.25) is 0 Å². The van der Waals surface area contributed by atoms with Crippen LogP contribution in [0.4, 0.5) is 14.9 Å². The molecule has 0 bridgehead atoms. The quantitative estimate of drug-likeness (QED) is 0.310. The first-order valence-corrected chi connectivity index (χ1v) is 11.1. The van der Waals surface area contributed by atoms with E-state index in [-0.39, 0.29) is 17.9 Å². The number of rotatable bonds is 2. The number of nitrogens with one attached hydrogen (secondary N) is 2. The van der Waals surface area contributed by atoms with Crippen LogP contribution in [0.25, 0.3) is 10.9 Å². The zero-order chi connectivity index (χ0) is 21.5. The van der Waals surface area contributed by atoms with E-state index in [1.165, 1.54) is 12.1 Å². The number of benzene rings is 3. The highest BCUT2D eigenvalue weighted by atomic mass is 79.9. The highest BCUT2D eigenvalue weighted by Crippen LogP contribution is 2.39. The Kier molecular flexibility index (Phi) is 5.20. The summed E-state index contributed by atoms with van der Waals surface area (Å²) in [4.78, 5) is 18.6. The van der Waals surface area contributed by atoms with E-state index in [1.54, 1.807) is 17.0 Å². The fraction of sp³-hybridized carbons (Fsp3) is 0.125. The van der Waals surface area contributed by atoms with E-state index in [9.17, 15) is 9.18 Å². The molecule has 0 aliphatic carbocycles. The van der Waals surface area contributed by atoms with Gasteiger partial charge in [-0.05, 0) is 75.9 Å². The van der Waals surface area contributed by atoms with Gasteiger partial charge in [0.25, 0.3) is 0 Å². The maximum absolute atomic E-state index is 13.6. The van der Waals surface area contributed by atoms with Gasteiger partial charge in [-0.25, -0.2) is 9.18 Å². The Morgan fingerprint density at radius 3 is 2.68 bits per heavy atom. The molecule has 31 heavy (non-hydrogen) atoms. The van der Waals surface area contributed by atoms with Crippen molar-refractivity contribution in [1.29, 1.82) is 0 Å². The zero-order valence-electron chi connectivity index (χ0n) is 16.3. The van der Waals surface area contributed by atoms with E-state index in [0.29, 0.717) is 23.7 Å². The third kappa shape index (κ3) is 3.70. The Balaban J connectivity index is 1.60. The summed E-state index contributed by atoms with van der Waals surface area (Å²) in [6, 6.07) is 18.9. The molecule has 4 aromatic rings. The largest absolute Gasteiger partial charge is 0.356 e. The van der Waals surface area contributed by atoms with E-state index in [2.05, 4.69) is 26.2 Å². The molecule has 0 saturated heterocycles. The molecule has 0 fully saturated rings. The summed E-state index contributed by atoms with van der Waals surface area (Å²) in [5.41, 5.74) is 4.56. The maximum Gasteiger partial charge on any atom is 0.322 e. The first-order valence-electron chi connectivity index (χ1n) is 9.89. The number of halogens is 3. The molecule has 4 nitrogen and oxygen atoms in total. The molecule has 1 aliphatic rings. The second-order valence-corrected chi connectivity index (χ2v) is 8.81. The average molecular weight is 499 g/mol. The van der Waals surface area contributed by atoms with Gasteiger partial charge in [0.05, 0.1) is 11.7 Å². The van der Waals surface area contributed by atoms with Crippen LogP contribution in [0.5, 0.6) is 0 Å². The molecule has 156 valence electrons. The van der Waals surface area contributed by atoms with E-state index < -0.39 is 0 Å². The smallest absolute Gasteiger partial charge is 0.322 e. The van der Waals surface area contributed by atoms with E-state index in [4.69, 9.17) is 11.6 Å². The number of anilines is 1. The predicted molar refractivity (Wildman–Crippen MR) is 125 cm³/mol. The second kappa shape index (κ2) is 8.02. The van der Waals surface area contributed by atoms with E-state index in [0.717, 1.165) is 32.2 Å². The number of aromatic nitrogens is 1. The lowest BCUT2D eigenvalue weighted by atomic mass is 9.92. The SMILES string of the molecule is O=C(Nc1ccccc1Br)N1CCc2c([nH]c3ccc(Cl)cc23)[C@H]1c1ccc(F)cc1. The van der Waals surface area contributed by atoms with Gasteiger partial charge in [0.1, 0.15) is 5.82 Å². The summed E-state index contributed by atoms with van der Waals surface area (Å²) in [5.74, 6) is -0.313. The number of carbonyl (C=O) groups is 1. The monoisotopic (exact) mass is 497 g/mol. The first-order chi connectivity index (χ1) is 15.0. The average Bonchev–Trinajstić information content (AvgIpc) is 3.13. The second-order valence-electron chi connectivity index (χ2n) is 7.51. The zero-order valence-corrected chi connectivity index (χ0v) is 18.7. The molecule has 2 heterocycles. The molecule has 0 spiro atoms. The molecule has 3 aromatic carbocycles. The molecule has 7 heteroatoms. The van der Waals surface area contributed by atoms with Gasteiger partial charge < -0.3 is 15.2 Å². The summed E-state index contributed by atoms with van der Waals surface area (Å²) in [6.45, 7) is 0.519. The van der Waals surface area contributed by atoms with Crippen LogP contribution in [0.3, 0.4) is 0 Å². The molecule has 1 aromatic heterocycles. The van der Waals surface area contributed by atoms with Crippen LogP contribution in [0.15, 0.2) is 71.2 Å². The number of para-hydroxylation sites is 1. The summed E-state index contributed by atoms with van der Waals surface area (Å²) in [7, 11) is 0. The fourth-order valence-electron chi connectivity index (χ4n) is 4.22. The van der Waals surface area contributed by atoms with Crippen molar-refractivity contribution in [2.24, 2.45) is 0 Å². The van der Waals surface area contributed by atoms with Crippen molar-refractivity contribution in [2.45, 2.75) is 12.5 Å². The number of carbonyl (C=O) groups excluding carboxylic acids is 1. The normalized spacial score (nSPS) is 15.7. The van der Waals surface area contributed by atoms with Crippen molar-refractivity contribution in [3.63, 3.8) is 0 Å². The molecule has 2 N–H and O–H groups in total. The molecule has 0 unspecified atom stereocenters. The van der Waals surface area contributed by atoms with Crippen LogP contribution < -0.4 is 5.32 Å². The molecule has 0 saturated carbocycles. The van der Waals surface area contributed by atoms with Crippen LogP contribution in [0.2, 0.25) is 5.02 Å². The van der Waals surface area contributed by atoms with Crippen LogP contribution >= 0.6 is 27.5 Å². The van der Waals surface area contributed by atoms with Crippen LogP contribution in [0, 0.1) is 5.82 Å². The molecule has 2 amide bonds. The molecular formula is C24H18BrClFN3O. The van der Waals surface area contributed by atoms with Crippen molar-refractivity contribution >= 4 is 50.2 Å². The van der Waals surface area contributed by atoms with Crippen molar-refractivity contribution in [3.8, 4) is 0 Å². The lowest BCUT2D eigenvalue weighted by molar-refractivity contribution is 0.193. The number of urea groups is 1. The Hall–Kier alpha value is -2.83. The van der Waals surface area contributed by atoms with Gasteiger partial charge in [0.15, 0.2) is 0 Å². The van der Waals surface area contributed by atoms with Gasteiger partial charge in [-0.3, -0.25) is 0 Å². The summed E-state index contributed by atoms with van der Waals surface area (Å²) in [6.07, 6.45) is 0.691. The lowest BCUT2D eigenvalue weighted by Gasteiger charge is -2.36. The van der Waals surface area contributed by atoms with Gasteiger partial charge in [0, 0.05) is 32.6 Å². The minimum atomic E-state index is -0.377. The van der Waals surface area contributed by atoms with E-state index >= 15 is 0 Å². The van der Waals surface area contributed by atoms with Crippen molar-refractivity contribution < 1.29 is 9.18 Å². The van der Waals surface area contributed by atoms with Gasteiger partial charge in [-0.2, -0.15) is 0 Å². The van der Waals surface area contributed by atoms with Crippen molar-refractivity contribution in [3.05, 3.63) is 98.9 Å². The van der Waals surface area contributed by atoms with Crippen LogP contribution in [0.1, 0.15) is 22.9 Å². The third-order valence-corrected chi connectivity index (χ3v) is 6.58. The Morgan fingerprint density at radius 1 is 1.13 bits per heavy atom. The minimum absolute atomic E-state index is 0.219. The highest BCUT2D eigenvalue weighted by Gasteiger charge is 2.34. The number of H-pyrrole nitrogens is 1. The molecular weight excluding hydrogens is 481 g/mol. The summed E-state index contributed by atoms with van der Waals surface area (Å²) < 4.78 is 14.4. The Bertz CT molecular complexity index is 1290. The lowest BCUT2D eigenvalue weighted by Crippen LogP contribution is -2.43. The number of nitrogens with zero attached hydrogens (tertiary/aromatic N) is 1. The van der Waals surface area contributed by atoms with Crippen LogP contribution in [-0.2, 0) is 6.42 Å². The fourth-order valence-corrected chi connectivity index (χ4v) is 4.78. The minimum Gasteiger partial charge on any atom is -0.356 e. The van der Waals surface area contributed by atoms with Gasteiger partial charge >= 0.3 is 6.03 Å². The van der Waals surface area contributed by atoms with Gasteiger partial charge in [-0.1, -0.05) is 35.9 Å². The first kappa shape index (κ1) is 20.1. The van der Waals surface area contributed by atoms with Gasteiger partial charge in [-0.15, -0.1) is 0 Å². The molecule has 1 atom stereocenters. The standard InChI is InChI=1S/C24H18BrClFN3O/c25-19-3-1-2-4-21(19)29-24(31)30-12-11-17-18-13-15(26)7-10-20(18)28-22(17)23(30)14-5-8-16(27)9-6-14/h1-10,13,23,28H,11-12H2,(H,29,31)/t23-/m1/s1.